The Morgan fingerprint density at radius 3 is 3.04 bits per heavy atom. The van der Waals surface area contributed by atoms with Crippen molar-refractivity contribution in [2.75, 3.05) is 25.5 Å². The summed E-state index contributed by atoms with van der Waals surface area (Å²) in [4.78, 5) is 14.1. The second-order valence-corrected chi connectivity index (χ2v) is 6.77. The lowest BCUT2D eigenvalue weighted by molar-refractivity contribution is -0.140. The van der Waals surface area contributed by atoms with E-state index in [-0.39, 0.29) is 5.97 Å². The molecule has 0 spiro atoms. The lowest BCUT2D eigenvalue weighted by atomic mass is 9.81. The molecule has 3 aliphatic rings. The fourth-order valence-corrected chi connectivity index (χ4v) is 4.45. The number of benzene rings is 1. The summed E-state index contributed by atoms with van der Waals surface area (Å²) in [6.07, 6.45) is 4.99. The number of hydrogen-bond donors (Lipinski definition) is 1. The van der Waals surface area contributed by atoms with Gasteiger partial charge in [-0.3, -0.25) is 4.79 Å². The van der Waals surface area contributed by atoms with E-state index in [0.29, 0.717) is 18.4 Å². The molecule has 0 aliphatic carbocycles. The van der Waals surface area contributed by atoms with Gasteiger partial charge in [-0.25, -0.2) is 0 Å². The molecule has 122 valence electrons. The van der Waals surface area contributed by atoms with Gasteiger partial charge in [0.2, 0.25) is 0 Å². The van der Waals surface area contributed by atoms with Crippen molar-refractivity contribution in [2.24, 2.45) is 5.92 Å². The second-order valence-electron chi connectivity index (χ2n) is 6.77. The quantitative estimate of drug-likeness (QED) is 0.870. The number of allylic oxidation sites excluding steroid dienone is 1. The number of methoxy groups -OCH3 is 1. The summed E-state index contributed by atoms with van der Waals surface area (Å²) in [6.45, 7) is 2.28. The van der Waals surface area contributed by atoms with Gasteiger partial charge in [0.25, 0.3) is 0 Å². The van der Waals surface area contributed by atoms with Gasteiger partial charge in [-0.15, -0.1) is 0 Å². The molecule has 4 rings (SSSR count). The Hall–Kier alpha value is -1.97. The van der Waals surface area contributed by atoms with E-state index in [2.05, 4.69) is 34.5 Å². The van der Waals surface area contributed by atoms with Crippen molar-refractivity contribution in [1.82, 2.24) is 4.90 Å². The number of carbonyl (C=O) groups excluding carboxylic acids is 1. The van der Waals surface area contributed by atoms with E-state index >= 15 is 0 Å². The summed E-state index contributed by atoms with van der Waals surface area (Å²) in [6, 6.07) is 9.08. The lowest BCUT2D eigenvalue weighted by Crippen LogP contribution is -2.41. The molecule has 0 saturated carbocycles. The maximum absolute atomic E-state index is 11.6. The van der Waals surface area contributed by atoms with Gasteiger partial charge in [-0.05, 0) is 37.7 Å². The number of carbonyl (C=O) groups is 1. The van der Waals surface area contributed by atoms with Crippen LogP contribution in [0.25, 0.3) is 5.57 Å². The zero-order valence-corrected chi connectivity index (χ0v) is 13.7. The molecule has 1 aromatic rings. The molecule has 1 aromatic carbocycles. The van der Waals surface area contributed by atoms with Crippen molar-refractivity contribution in [1.29, 1.82) is 0 Å². The summed E-state index contributed by atoms with van der Waals surface area (Å²) in [5, 5.41) is 3.69. The molecule has 3 heterocycles. The molecule has 2 atom stereocenters. The van der Waals surface area contributed by atoms with Gasteiger partial charge in [0.05, 0.1) is 13.2 Å². The topological polar surface area (TPSA) is 41.6 Å². The molecule has 0 radical (unpaired) electrons. The Morgan fingerprint density at radius 1 is 1.30 bits per heavy atom. The van der Waals surface area contributed by atoms with Crippen LogP contribution in [0.1, 0.15) is 37.7 Å². The van der Waals surface area contributed by atoms with E-state index in [4.69, 9.17) is 4.74 Å². The first-order valence-electron chi connectivity index (χ1n) is 8.69. The molecule has 2 unspecified atom stereocenters. The minimum absolute atomic E-state index is 0.0926. The van der Waals surface area contributed by atoms with E-state index in [1.165, 1.54) is 42.5 Å². The Labute approximate surface area is 137 Å². The molecule has 0 aromatic heterocycles. The molecule has 23 heavy (non-hydrogen) atoms. The zero-order valence-electron chi connectivity index (χ0n) is 13.7. The van der Waals surface area contributed by atoms with Gasteiger partial charge in [0.15, 0.2) is 0 Å². The standard InChI is InChI=1S/C19H24N2O2/c1-23-17(22)9-8-13-5-4-11-21-12-10-16-18(19(13)21)14-6-2-3-7-15(14)20-16/h2-3,6-7,13,16,20H,4-5,8-12H2,1H3. The van der Waals surface area contributed by atoms with E-state index in [0.717, 1.165) is 25.9 Å². The van der Waals surface area contributed by atoms with Crippen LogP contribution < -0.4 is 5.32 Å². The SMILES string of the molecule is COC(=O)CCC1CCCN2CCC3Nc4ccccc4C3=C12. The first-order chi connectivity index (χ1) is 11.3. The van der Waals surface area contributed by atoms with E-state index < -0.39 is 0 Å². The molecule has 4 nitrogen and oxygen atoms in total. The number of piperidine rings is 1. The molecule has 1 N–H and O–H groups in total. The smallest absolute Gasteiger partial charge is 0.305 e. The number of anilines is 1. The zero-order chi connectivity index (χ0) is 15.8. The molecule has 0 amide bonds. The largest absolute Gasteiger partial charge is 0.469 e. The third-order valence-corrected chi connectivity index (χ3v) is 5.49. The van der Waals surface area contributed by atoms with Crippen molar-refractivity contribution in [3.8, 4) is 0 Å². The number of fused-ring (bicyclic) bond motifs is 4. The highest BCUT2D eigenvalue weighted by atomic mass is 16.5. The minimum Gasteiger partial charge on any atom is -0.469 e. The van der Waals surface area contributed by atoms with E-state index in [1.54, 1.807) is 0 Å². The Kier molecular flexibility index (Phi) is 3.76. The van der Waals surface area contributed by atoms with E-state index in [1.807, 2.05) is 0 Å². The van der Waals surface area contributed by atoms with Crippen LogP contribution in [0.15, 0.2) is 30.0 Å². The monoisotopic (exact) mass is 312 g/mol. The Balaban J connectivity index is 1.71. The summed E-state index contributed by atoms with van der Waals surface area (Å²) in [5.41, 5.74) is 5.61. The van der Waals surface area contributed by atoms with Gasteiger partial charge in [0.1, 0.15) is 0 Å². The average molecular weight is 312 g/mol. The van der Waals surface area contributed by atoms with Crippen LogP contribution in [0.5, 0.6) is 0 Å². The van der Waals surface area contributed by atoms with Crippen LogP contribution in [0, 0.1) is 5.92 Å². The first-order valence-corrected chi connectivity index (χ1v) is 8.69. The van der Waals surface area contributed by atoms with Crippen molar-refractivity contribution in [3.05, 3.63) is 35.5 Å². The number of hydrogen-bond acceptors (Lipinski definition) is 4. The predicted molar refractivity (Wildman–Crippen MR) is 90.9 cm³/mol. The molecule has 1 fully saturated rings. The number of ether oxygens (including phenoxy) is 1. The van der Waals surface area contributed by atoms with Gasteiger partial charge in [0, 0.05) is 42.0 Å². The molecule has 4 heteroatoms. The molecular formula is C19H24N2O2. The normalized spacial score (nSPS) is 25.3. The van der Waals surface area contributed by atoms with Crippen molar-refractivity contribution in [3.63, 3.8) is 0 Å². The summed E-state index contributed by atoms with van der Waals surface area (Å²) in [5.74, 6) is 0.388. The summed E-state index contributed by atoms with van der Waals surface area (Å²) < 4.78 is 4.84. The van der Waals surface area contributed by atoms with Gasteiger partial charge >= 0.3 is 5.97 Å². The maximum atomic E-state index is 11.6. The van der Waals surface area contributed by atoms with Crippen LogP contribution in [-0.2, 0) is 9.53 Å². The van der Waals surface area contributed by atoms with Gasteiger partial charge in [-0.2, -0.15) is 0 Å². The molecular weight excluding hydrogens is 288 g/mol. The van der Waals surface area contributed by atoms with E-state index in [9.17, 15) is 4.79 Å². The number of para-hydroxylation sites is 1. The summed E-state index contributed by atoms with van der Waals surface area (Å²) >= 11 is 0. The number of rotatable bonds is 3. The Morgan fingerprint density at radius 2 is 2.17 bits per heavy atom. The fourth-order valence-electron chi connectivity index (χ4n) is 4.45. The Bertz CT molecular complexity index is 653. The van der Waals surface area contributed by atoms with Gasteiger partial charge in [-0.1, -0.05) is 18.2 Å². The molecule has 1 saturated heterocycles. The van der Waals surface area contributed by atoms with Crippen molar-refractivity contribution >= 4 is 17.2 Å². The lowest BCUT2D eigenvalue weighted by Gasteiger charge is -2.43. The number of nitrogens with zero attached hydrogens (tertiary/aromatic N) is 1. The number of nitrogens with one attached hydrogen (secondary N) is 1. The summed E-state index contributed by atoms with van der Waals surface area (Å²) in [7, 11) is 1.48. The van der Waals surface area contributed by atoms with Gasteiger partial charge < -0.3 is 15.0 Å². The average Bonchev–Trinajstić information content (AvgIpc) is 2.98. The van der Waals surface area contributed by atoms with Crippen LogP contribution in [0.2, 0.25) is 0 Å². The third-order valence-electron chi connectivity index (χ3n) is 5.49. The van der Waals surface area contributed by atoms with Crippen molar-refractivity contribution < 1.29 is 9.53 Å². The number of esters is 1. The molecule has 3 aliphatic heterocycles. The molecule has 0 bridgehead atoms. The van der Waals surface area contributed by atoms with Crippen LogP contribution in [-0.4, -0.2) is 37.1 Å². The maximum Gasteiger partial charge on any atom is 0.305 e. The third kappa shape index (κ3) is 2.50. The van der Waals surface area contributed by atoms with Crippen molar-refractivity contribution in [2.45, 2.75) is 38.1 Å². The highest BCUT2D eigenvalue weighted by Crippen LogP contribution is 2.46. The second kappa shape index (κ2) is 5.91. The van der Waals surface area contributed by atoms with Crippen LogP contribution >= 0.6 is 0 Å². The minimum atomic E-state index is -0.0926. The van der Waals surface area contributed by atoms with Crippen LogP contribution in [0.4, 0.5) is 5.69 Å². The predicted octanol–water partition coefficient (Wildman–Crippen LogP) is 3.26. The highest BCUT2D eigenvalue weighted by Gasteiger charge is 2.38. The van der Waals surface area contributed by atoms with Crippen LogP contribution in [0.3, 0.4) is 0 Å². The first kappa shape index (κ1) is 14.6. The highest BCUT2D eigenvalue weighted by molar-refractivity contribution is 5.88. The fraction of sp³-hybridized carbons (Fsp3) is 0.526.